The molecule has 2 aliphatic carbocycles. The second-order valence-electron chi connectivity index (χ2n) is 8.78. The highest BCUT2D eigenvalue weighted by Crippen LogP contribution is 2.57. The quantitative estimate of drug-likeness (QED) is 0.444. The minimum Gasteiger partial charge on any atom is -0.733 e. The summed E-state index contributed by atoms with van der Waals surface area (Å²) < 4.78 is 5.71. The van der Waals surface area contributed by atoms with E-state index in [1.807, 2.05) is 19.1 Å². The van der Waals surface area contributed by atoms with Crippen molar-refractivity contribution in [3.05, 3.63) is 58.8 Å². The van der Waals surface area contributed by atoms with E-state index in [0.29, 0.717) is 5.75 Å². The van der Waals surface area contributed by atoms with E-state index in [1.165, 1.54) is 35.4 Å². The molecule has 29 heavy (non-hydrogen) atoms. The first-order chi connectivity index (χ1) is 13.7. The Labute approximate surface area is 170 Å². The van der Waals surface area contributed by atoms with Crippen molar-refractivity contribution >= 4 is 11.7 Å². The number of hydrogen-bond acceptors (Lipinski definition) is 6. The zero-order chi connectivity index (χ0) is 20.8. The molecule has 6 nitrogen and oxygen atoms in total. The number of carbonyl (C=O) groups excluding carboxylic acids is 1. The summed E-state index contributed by atoms with van der Waals surface area (Å²) in [6.45, 7) is 4.24. The zero-order valence-corrected chi connectivity index (χ0v) is 16.7. The molecular formula is C23H26NO5-. The summed E-state index contributed by atoms with van der Waals surface area (Å²) in [5, 5.41) is 29.5. The fourth-order valence-electron chi connectivity index (χ4n) is 5.59. The van der Waals surface area contributed by atoms with Crippen LogP contribution < -0.4 is 9.96 Å². The first-order valence-corrected chi connectivity index (χ1v) is 10.0. The molecule has 0 heterocycles. The number of rotatable bonds is 3. The Morgan fingerprint density at radius 2 is 1.90 bits per heavy atom. The van der Waals surface area contributed by atoms with E-state index in [9.17, 15) is 15.1 Å². The highest BCUT2D eigenvalue weighted by molar-refractivity contribution is 5.80. The number of esters is 1. The third-order valence-electron chi connectivity index (χ3n) is 7.07. The van der Waals surface area contributed by atoms with Gasteiger partial charge in [-0.1, -0.05) is 19.4 Å². The van der Waals surface area contributed by atoms with Gasteiger partial charge in [0.15, 0.2) is 0 Å². The monoisotopic (exact) mass is 396 g/mol. The molecule has 0 spiro atoms. The van der Waals surface area contributed by atoms with Gasteiger partial charge in [-0.15, -0.1) is 0 Å². The third kappa shape index (κ3) is 3.26. The smallest absolute Gasteiger partial charge is 0.317 e. The van der Waals surface area contributed by atoms with Crippen molar-refractivity contribution in [2.75, 3.05) is 5.23 Å². The van der Waals surface area contributed by atoms with Gasteiger partial charge < -0.3 is 20.3 Å². The van der Waals surface area contributed by atoms with E-state index in [1.54, 1.807) is 6.07 Å². The highest BCUT2D eigenvalue weighted by Gasteiger charge is 2.55. The second-order valence-corrected chi connectivity index (χ2v) is 8.78. The van der Waals surface area contributed by atoms with E-state index in [-0.39, 0.29) is 34.0 Å². The number of benzene rings is 2. The number of aryl methyl sites for hydroxylation is 1. The molecule has 2 N–H and O–H groups in total. The lowest BCUT2D eigenvalue weighted by Crippen LogP contribution is -2.53. The minimum absolute atomic E-state index is 0.0772. The van der Waals surface area contributed by atoms with Crippen molar-refractivity contribution in [3.8, 4) is 11.5 Å². The number of aromatic hydroxyl groups is 1. The molecular weight excluding hydrogens is 370 g/mol. The molecule has 2 aromatic carbocycles. The number of nitrogens with zero attached hydrogens (tertiary/aromatic N) is 1. The number of ether oxygens (including phenoxy) is 1. The predicted molar refractivity (Wildman–Crippen MR) is 109 cm³/mol. The lowest BCUT2D eigenvalue weighted by Gasteiger charge is -2.54. The van der Waals surface area contributed by atoms with Gasteiger partial charge in [0.25, 0.3) is 0 Å². The molecule has 2 aromatic rings. The van der Waals surface area contributed by atoms with Crippen molar-refractivity contribution in [2.24, 2.45) is 11.3 Å². The summed E-state index contributed by atoms with van der Waals surface area (Å²) in [6, 6.07) is 11.4. The lowest BCUT2D eigenvalue weighted by molar-refractivity contribution is -0.154. The molecule has 3 unspecified atom stereocenters. The first kappa shape index (κ1) is 19.7. The van der Waals surface area contributed by atoms with Gasteiger partial charge >= 0.3 is 5.97 Å². The summed E-state index contributed by atoms with van der Waals surface area (Å²) in [7, 11) is 0. The molecule has 0 amide bonds. The van der Waals surface area contributed by atoms with Crippen LogP contribution in [0.4, 0.5) is 5.69 Å². The normalized spacial score (nSPS) is 28.2. The Morgan fingerprint density at radius 1 is 1.17 bits per heavy atom. The van der Waals surface area contributed by atoms with Crippen LogP contribution in [-0.2, 0) is 16.6 Å². The Kier molecular flexibility index (Phi) is 4.79. The third-order valence-corrected chi connectivity index (χ3v) is 7.07. The van der Waals surface area contributed by atoms with Crippen molar-refractivity contribution in [1.29, 1.82) is 0 Å². The van der Waals surface area contributed by atoms with Gasteiger partial charge in [0.1, 0.15) is 11.5 Å². The summed E-state index contributed by atoms with van der Waals surface area (Å²) in [5.41, 5.74) is 1.71. The van der Waals surface area contributed by atoms with Crippen LogP contribution in [0.2, 0.25) is 0 Å². The number of anilines is 1. The number of carbonyl (C=O) groups is 1. The molecule has 0 aromatic heterocycles. The van der Waals surface area contributed by atoms with E-state index in [0.717, 1.165) is 32.1 Å². The van der Waals surface area contributed by atoms with Crippen LogP contribution >= 0.6 is 0 Å². The average Bonchev–Trinajstić information content (AvgIpc) is 2.68. The average molecular weight is 396 g/mol. The molecule has 6 heteroatoms. The molecule has 4 rings (SSSR count). The van der Waals surface area contributed by atoms with E-state index in [4.69, 9.17) is 9.94 Å². The zero-order valence-electron chi connectivity index (χ0n) is 16.7. The number of phenolic OH excluding ortho intramolecular Hbond substituents is 1. The standard InChI is InChI=1S/C23H26NO5/c1-22-12-3-13-23(2,20(22)11-4-15-14-17(25)7-10-19(15)22)21(26)29-18-8-5-16(6-9-18)24(27)28/h5-10,14,20,25,27H,3-4,11-13H2,1-2H3/q-1. The van der Waals surface area contributed by atoms with Gasteiger partial charge in [0.05, 0.1) is 11.1 Å². The SMILES string of the molecule is CC1(C(=O)Oc2ccc(N([O-])O)cc2)CCCC2(C)c3ccc(O)cc3CCC12. The van der Waals surface area contributed by atoms with Crippen LogP contribution in [0.3, 0.4) is 0 Å². The number of fused-ring (bicyclic) bond motifs is 3. The maximum absolute atomic E-state index is 13.3. The Bertz CT molecular complexity index is 925. The molecule has 0 aliphatic heterocycles. The second kappa shape index (κ2) is 7.04. The fraction of sp³-hybridized carbons (Fsp3) is 0.435. The highest BCUT2D eigenvalue weighted by atomic mass is 16.8. The maximum atomic E-state index is 13.3. The summed E-state index contributed by atoms with van der Waals surface area (Å²) >= 11 is 0. The number of hydrogen-bond donors (Lipinski definition) is 2. The summed E-state index contributed by atoms with van der Waals surface area (Å²) in [5.74, 6) is 0.524. The van der Waals surface area contributed by atoms with E-state index >= 15 is 0 Å². The van der Waals surface area contributed by atoms with Crippen LogP contribution in [0, 0.1) is 16.5 Å². The van der Waals surface area contributed by atoms with Crippen molar-refractivity contribution in [2.45, 2.75) is 51.4 Å². The number of phenols is 1. The van der Waals surface area contributed by atoms with Crippen LogP contribution in [0.15, 0.2) is 42.5 Å². The summed E-state index contributed by atoms with van der Waals surface area (Å²) in [4.78, 5) is 13.3. The predicted octanol–water partition coefficient (Wildman–Crippen LogP) is 4.70. The Morgan fingerprint density at radius 3 is 2.59 bits per heavy atom. The Balaban J connectivity index is 1.61. The van der Waals surface area contributed by atoms with Gasteiger partial charge in [-0.3, -0.25) is 10.0 Å². The van der Waals surface area contributed by atoms with Gasteiger partial charge in [-0.2, -0.15) is 0 Å². The minimum atomic E-state index is -0.622. The van der Waals surface area contributed by atoms with Crippen molar-refractivity contribution in [1.82, 2.24) is 0 Å². The van der Waals surface area contributed by atoms with Crippen LogP contribution in [-0.4, -0.2) is 16.3 Å². The van der Waals surface area contributed by atoms with Crippen LogP contribution in [0.5, 0.6) is 11.5 Å². The summed E-state index contributed by atoms with van der Waals surface area (Å²) in [6.07, 6.45) is 4.39. The first-order valence-electron chi connectivity index (χ1n) is 10.0. The van der Waals surface area contributed by atoms with Crippen LogP contribution in [0.25, 0.3) is 0 Å². The maximum Gasteiger partial charge on any atom is 0.317 e. The van der Waals surface area contributed by atoms with Gasteiger partial charge in [0.2, 0.25) is 0 Å². The van der Waals surface area contributed by atoms with E-state index < -0.39 is 5.41 Å². The fourth-order valence-corrected chi connectivity index (χ4v) is 5.59. The molecule has 154 valence electrons. The van der Waals surface area contributed by atoms with Crippen molar-refractivity contribution in [3.63, 3.8) is 0 Å². The molecule has 1 saturated carbocycles. The molecule has 1 fully saturated rings. The van der Waals surface area contributed by atoms with Gasteiger partial charge in [0, 0.05) is 0 Å². The Hall–Kier alpha value is -2.57. The largest absolute Gasteiger partial charge is 0.733 e. The van der Waals surface area contributed by atoms with Gasteiger partial charge in [-0.25, -0.2) is 0 Å². The van der Waals surface area contributed by atoms with Gasteiger partial charge in [-0.05, 0) is 91.5 Å². The molecule has 2 aliphatic rings. The van der Waals surface area contributed by atoms with E-state index in [2.05, 4.69) is 6.92 Å². The molecule has 0 saturated heterocycles. The molecule has 3 atom stereocenters. The topological polar surface area (TPSA) is 93.1 Å². The molecule has 0 bridgehead atoms. The molecule has 0 radical (unpaired) electrons. The van der Waals surface area contributed by atoms with Crippen molar-refractivity contribution < 1.29 is 19.8 Å². The van der Waals surface area contributed by atoms with Crippen LogP contribution in [0.1, 0.15) is 50.7 Å². The lowest BCUT2D eigenvalue weighted by atomic mass is 9.50.